The molecule has 1 aromatic heterocycles. The number of benzene rings is 1. The van der Waals surface area contributed by atoms with Crippen molar-refractivity contribution in [2.45, 2.75) is 19.8 Å². The number of nitrogens with zero attached hydrogens (tertiary/aromatic N) is 1. The van der Waals surface area contributed by atoms with Crippen molar-refractivity contribution < 1.29 is 14.6 Å². The van der Waals surface area contributed by atoms with Crippen molar-refractivity contribution in [1.29, 1.82) is 0 Å². The summed E-state index contributed by atoms with van der Waals surface area (Å²) in [6.07, 6.45) is 3.53. The molecule has 0 bridgehead atoms. The maximum absolute atomic E-state index is 12.1. The number of ether oxygens (including phenoxy) is 1. The molecule has 1 N–H and O–H groups in total. The summed E-state index contributed by atoms with van der Waals surface area (Å²) in [7, 11) is 0. The Labute approximate surface area is 124 Å². The predicted molar refractivity (Wildman–Crippen MR) is 80.2 cm³/mol. The third-order valence-corrected chi connectivity index (χ3v) is 3.84. The Balaban J connectivity index is 1.89. The number of aromatic nitrogens is 1. The first-order valence-electron chi connectivity index (χ1n) is 7.26. The summed E-state index contributed by atoms with van der Waals surface area (Å²) in [5.74, 6) is 1.37. The van der Waals surface area contributed by atoms with E-state index in [2.05, 4.69) is 11.5 Å². The monoisotopic (exact) mass is 285 g/mol. The lowest BCUT2D eigenvalue weighted by Gasteiger charge is -2.20. The van der Waals surface area contributed by atoms with Gasteiger partial charge in [-0.1, -0.05) is 6.92 Å². The van der Waals surface area contributed by atoms with Crippen LogP contribution in [-0.4, -0.2) is 28.7 Å². The second kappa shape index (κ2) is 5.74. The molecular weight excluding hydrogens is 266 g/mol. The van der Waals surface area contributed by atoms with Crippen LogP contribution in [0.5, 0.6) is 5.75 Å². The van der Waals surface area contributed by atoms with Crippen molar-refractivity contribution in [3.8, 4) is 11.4 Å². The van der Waals surface area contributed by atoms with E-state index in [0.717, 1.165) is 29.1 Å². The molecule has 0 spiro atoms. The van der Waals surface area contributed by atoms with E-state index in [4.69, 9.17) is 9.84 Å². The summed E-state index contributed by atoms with van der Waals surface area (Å²) in [6.45, 7) is 2.42. The normalized spacial score (nSPS) is 17.6. The van der Waals surface area contributed by atoms with Crippen LogP contribution in [0.25, 0.3) is 5.69 Å². The number of hydrogen-bond donors (Lipinski definition) is 1. The van der Waals surface area contributed by atoms with Gasteiger partial charge in [0.1, 0.15) is 12.4 Å². The summed E-state index contributed by atoms with van der Waals surface area (Å²) in [5, 5.41) is 8.75. The van der Waals surface area contributed by atoms with Crippen LogP contribution in [0.3, 0.4) is 0 Å². The molecule has 0 saturated heterocycles. The average molecular weight is 285 g/mol. The zero-order chi connectivity index (χ0) is 14.8. The Morgan fingerprint density at radius 1 is 1.24 bits per heavy atom. The quantitative estimate of drug-likeness (QED) is 0.939. The van der Waals surface area contributed by atoms with Gasteiger partial charge in [-0.05, 0) is 42.7 Å². The maximum Gasteiger partial charge on any atom is 0.164 e. The van der Waals surface area contributed by atoms with E-state index in [-0.39, 0.29) is 12.4 Å². The van der Waals surface area contributed by atoms with Crippen LogP contribution in [-0.2, 0) is 6.42 Å². The van der Waals surface area contributed by atoms with E-state index < -0.39 is 0 Å². The number of fused-ring (bicyclic) bond motifs is 1. The van der Waals surface area contributed by atoms with Gasteiger partial charge in [-0.15, -0.1) is 0 Å². The first kappa shape index (κ1) is 13.9. The fraction of sp³-hybridized carbons (Fsp3) is 0.353. The van der Waals surface area contributed by atoms with Gasteiger partial charge in [0.15, 0.2) is 5.78 Å². The zero-order valence-electron chi connectivity index (χ0n) is 12.1. The standard InChI is InChI=1S/C17H19NO3/c1-12-10-16-15(17(20)11-12)6-7-18(16)13-2-4-14(5-3-13)21-9-8-19/h2-7,12,19H,8-11H2,1H3. The Morgan fingerprint density at radius 3 is 2.71 bits per heavy atom. The summed E-state index contributed by atoms with van der Waals surface area (Å²) < 4.78 is 7.44. The third-order valence-electron chi connectivity index (χ3n) is 3.84. The van der Waals surface area contributed by atoms with E-state index in [9.17, 15) is 4.79 Å². The minimum absolute atomic E-state index is 0.00681. The molecule has 1 aliphatic rings. The molecule has 1 heterocycles. The Bertz CT molecular complexity index is 643. The highest BCUT2D eigenvalue weighted by atomic mass is 16.5. The molecule has 3 rings (SSSR count). The van der Waals surface area contributed by atoms with Crippen LogP contribution in [0.2, 0.25) is 0 Å². The number of aliphatic hydroxyl groups excluding tert-OH is 1. The van der Waals surface area contributed by atoms with Crippen LogP contribution in [0.1, 0.15) is 29.4 Å². The van der Waals surface area contributed by atoms with Gasteiger partial charge in [0.05, 0.1) is 6.61 Å². The van der Waals surface area contributed by atoms with Gasteiger partial charge in [-0.3, -0.25) is 4.79 Å². The lowest BCUT2D eigenvalue weighted by atomic mass is 9.88. The molecule has 110 valence electrons. The van der Waals surface area contributed by atoms with Crippen LogP contribution in [0.4, 0.5) is 0 Å². The lowest BCUT2D eigenvalue weighted by Crippen LogP contribution is -2.19. The fourth-order valence-corrected chi connectivity index (χ4v) is 2.86. The molecule has 0 aliphatic heterocycles. The third kappa shape index (κ3) is 2.72. The molecule has 21 heavy (non-hydrogen) atoms. The number of hydrogen-bond acceptors (Lipinski definition) is 3. The van der Waals surface area contributed by atoms with Gasteiger partial charge < -0.3 is 14.4 Å². The molecule has 2 aromatic rings. The average Bonchev–Trinajstić information content (AvgIpc) is 2.89. The highest BCUT2D eigenvalue weighted by molar-refractivity contribution is 5.98. The van der Waals surface area contributed by atoms with E-state index >= 15 is 0 Å². The van der Waals surface area contributed by atoms with Crippen molar-refractivity contribution in [3.63, 3.8) is 0 Å². The van der Waals surface area contributed by atoms with Crippen molar-refractivity contribution in [3.05, 3.63) is 47.8 Å². The van der Waals surface area contributed by atoms with Crippen LogP contribution >= 0.6 is 0 Å². The second-order valence-electron chi connectivity index (χ2n) is 5.55. The minimum Gasteiger partial charge on any atom is -0.491 e. The summed E-state index contributed by atoms with van der Waals surface area (Å²) >= 11 is 0. The molecule has 0 saturated carbocycles. The van der Waals surface area contributed by atoms with Gasteiger partial charge in [0, 0.05) is 29.6 Å². The molecule has 4 heteroatoms. The van der Waals surface area contributed by atoms with Gasteiger partial charge in [-0.25, -0.2) is 0 Å². The summed E-state index contributed by atoms with van der Waals surface area (Å²) in [4.78, 5) is 12.1. The zero-order valence-corrected chi connectivity index (χ0v) is 12.1. The summed E-state index contributed by atoms with van der Waals surface area (Å²) in [5.41, 5.74) is 2.98. The van der Waals surface area contributed by atoms with Gasteiger partial charge >= 0.3 is 0 Å². The first-order valence-corrected chi connectivity index (χ1v) is 7.26. The number of aliphatic hydroxyl groups is 1. The molecular formula is C17H19NO3. The van der Waals surface area contributed by atoms with Gasteiger partial charge in [0.2, 0.25) is 0 Å². The van der Waals surface area contributed by atoms with Crippen LogP contribution in [0, 0.1) is 5.92 Å². The highest BCUT2D eigenvalue weighted by Crippen LogP contribution is 2.28. The van der Waals surface area contributed by atoms with Crippen molar-refractivity contribution in [1.82, 2.24) is 4.57 Å². The Hall–Kier alpha value is -2.07. The highest BCUT2D eigenvalue weighted by Gasteiger charge is 2.25. The predicted octanol–water partition coefficient (Wildman–Crippen LogP) is 2.61. The van der Waals surface area contributed by atoms with E-state index in [0.29, 0.717) is 18.9 Å². The molecule has 1 atom stereocenters. The molecule has 0 amide bonds. The smallest absolute Gasteiger partial charge is 0.164 e. The second-order valence-corrected chi connectivity index (χ2v) is 5.55. The van der Waals surface area contributed by atoms with Gasteiger partial charge in [0.25, 0.3) is 0 Å². The van der Waals surface area contributed by atoms with Crippen molar-refractivity contribution in [2.24, 2.45) is 5.92 Å². The van der Waals surface area contributed by atoms with E-state index in [1.54, 1.807) is 0 Å². The van der Waals surface area contributed by atoms with Gasteiger partial charge in [-0.2, -0.15) is 0 Å². The topological polar surface area (TPSA) is 51.5 Å². The fourth-order valence-electron chi connectivity index (χ4n) is 2.86. The van der Waals surface area contributed by atoms with Crippen molar-refractivity contribution >= 4 is 5.78 Å². The SMILES string of the molecule is CC1CC(=O)c2ccn(-c3ccc(OCCO)cc3)c2C1. The van der Waals surface area contributed by atoms with Crippen LogP contribution < -0.4 is 4.74 Å². The number of Topliss-reactive ketones (excluding diaryl/α,β-unsaturated/α-hetero) is 1. The number of carbonyl (C=O) groups excluding carboxylic acids is 1. The van der Waals surface area contributed by atoms with Crippen LogP contribution in [0.15, 0.2) is 36.5 Å². The first-order chi connectivity index (χ1) is 10.2. The molecule has 1 aliphatic carbocycles. The molecule has 0 radical (unpaired) electrons. The minimum atomic E-state index is 0.00681. The number of carbonyl (C=O) groups is 1. The number of ketones is 1. The molecule has 0 fully saturated rings. The lowest BCUT2D eigenvalue weighted by molar-refractivity contribution is 0.0952. The van der Waals surface area contributed by atoms with E-state index in [1.807, 2.05) is 36.5 Å². The van der Waals surface area contributed by atoms with E-state index in [1.165, 1.54) is 0 Å². The summed E-state index contributed by atoms with van der Waals surface area (Å²) in [6, 6.07) is 9.62. The molecule has 1 aromatic carbocycles. The Kier molecular flexibility index (Phi) is 3.80. The largest absolute Gasteiger partial charge is 0.491 e. The van der Waals surface area contributed by atoms with Crippen molar-refractivity contribution in [2.75, 3.05) is 13.2 Å². The maximum atomic E-state index is 12.1. The molecule has 4 nitrogen and oxygen atoms in total. The number of rotatable bonds is 4. The Morgan fingerprint density at radius 2 is 2.00 bits per heavy atom. The molecule has 1 unspecified atom stereocenters.